The van der Waals surface area contributed by atoms with Crippen LogP contribution in [-0.4, -0.2) is 16.4 Å². The summed E-state index contributed by atoms with van der Waals surface area (Å²) in [5.74, 6) is 0. The van der Waals surface area contributed by atoms with Crippen LogP contribution in [0.1, 0.15) is 0 Å². The van der Waals surface area contributed by atoms with E-state index >= 15 is 0 Å². The Morgan fingerprint density at radius 3 is 0.375 bits per heavy atom. The van der Waals surface area contributed by atoms with Gasteiger partial charge in [-0.15, -0.1) is 0 Å². The first-order valence-electron chi connectivity index (χ1n) is 0. The second-order valence-corrected chi connectivity index (χ2v) is 0. The van der Waals surface area contributed by atoms with E-state index in [1.807, 2.05) is 0 Å². The molecule has 0 aliphatic heterocycles. The quantitative estimate of drug-likeness (QED) is 0.394. The van der Waals surface area contributed by atoms with Crippen molar-refractivity contribution < 1.29 is 86.2 Å². The van der Waals surface area contributed by atoms with Crippen LogP contribution in [0, 0.1) is 0 Å². The second kappa shape index (κ2) is 180. The van der Waals surface area contributed by atoms with Gasteiger partial charge in [-0.25, -0.2) is 0 Å². The number of hydrogen-bond donors (Lipinski definition) is 0. The van der Waals surface area contributed by atoms with Gasteiger partial charge in [0, 0.05) is 20.1 Å². The SMILES string of the molecule is O.O.O.[Cl-].[Cl-].[Cl-].[Cl-].[Ir]. The van der Waals surface area contributed by atoms with Gasteiger partial charge in [-0.2, -0.15) is 0 Å². The molecule has 65 valence electrons. The van der Waals surface area contributed by atoms with Crippen LogP contribution in [0.25, 0.3) is 0 Å². The fourth-order valence-electron chi connectivity index (χ4n) is 0. The van der Waals surface area contributed by atoms with E-state index in [2.05, 4.69) is 0 Å². The van der Waals surface area contributed by atoms with Crippen LogP contribution in [0.2, 0.25) is 0 Å². The molecule has 0 aromatic heterocycles. The fraction of sp³-hybridized carbons (Fsp3) is 0. The molecule has 0 fully saturated rings. The largest absolute Gasteiger partial charge is 1.00 e. The Bertz CT molecular complexity index is 11.2. The summed E-state index contributed by atoms with van der Waals surface area (Å²) in [5.41, 5.74) is 0. The molecule has 0 heterocycles. The van der Waals surface area contributed by atoms with Crippen molar-refractivity contribution in [2.24, 2.45) is 0 Å². The van der Waals surface area contributed by atoms with E-state index in [1.54, 1.807) is 0 Å². The van der Waals surface area contributed by atoms with Crippen molar-refractivity contribution in [3.63, 3.8) is 0 Å². The number of rotatable bonds is 0. The van der Waals surface area contributed by atoms with Gasteiger partial charge in [0.15, 0.2) is 0 Å². The van der Waals surface area contributed by atoms with Crippen LogP contribution >= 0.6 is 0 Å². The van der Waals surface area contributed by atoms with Crippen molar-refractivity contribution in [3.8, 4) is 0 Å². The van der Waals surface area contributed by atoms with Gasteiger partial charge >= 0.3 is 0 Å². The van der Waals surface area contributed by atoms with E-state index in [9.17, 15) is 0 Å². The summed E-state index contributed by atoms with van der Waals surface area (Å²) in [5, 5.41) is 0. The van der Waals surface area contributed by atoms with Crippen LogP contribution in [0.3, 0.4) is 0 Å². The molecule has 0 spiro atoms. The van der Waals surface area contributed by atoms with Gasteiger partial charge in [-0.05, 0) is 0 Å². The van der Waals surface area contributed by atoms with Gasteiger partial charge < -0.3 is 66.1 Å². The van der Waals surface area contributed by atoms with Gasteiger partial charge in [0.1, 0.15) is 0 Å². The van der Waals surface area contributed by atoms with Crippen molar-refractivity contribution >= 4 is 0 Å². The Morgan fingerprint density at radius 2 is 0.375 bits per heavy atom. The molecule has 0 aromatic rings. The Hall–Kier alpha value is 1.69. The summed E-state index contributed by atoms with van der Waals surface area (Å²) in [4.78, 5) is 0. The van der Waals surface area contributed by atoms with E-state index in [1.165, 1.54) is 0 Å². The molecule has 0 aromatic carbocycles. The second-order valence-electron chi connectivity index (χ2n) is 0. The molecule has 0 aliphatic carbocycles. The van der Waals surface area contributed by atoms with E-state index < -0.39 is 0 Å². The Morgan fingerprint density at radius 1 is 0.375 bits per heavy atom. The first kappa shape index (κ1) is 256. The molecule has 0 rings (SSSR count). The average Bonchev–Trinajstić information content (AvgIpc) is 0. The molecule has 0 bridgehead atoms. The van der Waals surface area contributed by atoms with E-state index in [-0.39, 0.29) is 86.2 Å². The van der Waals surface area contributed by atoms with Gasteiger partial charge in [-0.1, -0.05) is 0 Å². The van der Waals surface area contributed by atoms with Crippen LogP contribution in [0.5, 0.6) is 0 Å². The maximum atomic E-state index is 0. The van der Waals surface area contributed by atoms with Crippen molar-refractivity contribution in [3.05, 3.63) is 0 Å². The first-order chi connectivity index (χ1) is 0. The van der Waals surface area contributed by atoms with Crippen molar-refractivity contribution in [1.82, 2.24) is 0 Å². The molecule has 6 N–H and O–H groups in total. The average molecular weight is 388 g/mol. The number of hydrogen-bond acceptors (Lipinski definition) is 0. The topological polar surface area (TPSA) is 94.5 Å². The van der Waals surface area contributed by atoms with Gasteiger partial charge in [0.2, 0.25) is 0 Å². The van der Waals surface area contributed by atoms with Crippen molar-refractivity contribution in [2.45, 2.75) is 0 Å². The van der Waals surface area contributed by atoms with Gasteiger partial charge in [0.25, 0.3) is 0 Å². The summed E-state index contributed by atoms with van der Waals surface area (Å²) in [6, 6.07) is 0. The summed E-state index contributed by atoms with van der Waals surface area (Å²) < 4.78 is 0. The van der Waals surface area contributed by atoms with E-state index in [0.717, 1.165) is 0 Å². The minimum Gasteiger partial charge on any atom is -1.00 e. The van der Waals surface area contributed by atoms with Crippen LogP contribution in [0.15, 0.2) is 0 Å². The minimum absolute atomic E-state index is 0. The molecule has 0 aliphatic rings. The summed E-state index contributed by atoms with van der Waals surface area (Å²) in [7, 11) is 0. The Balaban J connectivity index is 0. The third-order valence-corrected chi connectivity index (χ3v) is 0. The smallest absolute Gasteiger partial charge is 0 e. The molecule has 0 saturated carbocycles. The monoisotopic (exact) mass is 387 g/mol. The predicted molar refractivity (Wildman–Crippen MR) is 10.8 cm³/mol. The summed E-state index contributed by atoms with van der Waals surface area (Å²) in [6.07, 6.45) is 0. The normalized spacial score (nSPS) is 0. The molecule has 0 unspecified atom stereocenters. The molecule has 3 nitrogen and oxygen atoms in total. The zero-order chi connectivity index (χ0) is 0. The van der Waals surface area contributed by atoms with Crippen LogP contribution in [0.4, 0.5) is 0 Å². The molecular weight excluding hydrogens is 382 g/mol. The van der Waals surface area contributed by atoms with E-state index in [4.69, 9.17) is 0 Å². The minimum atomic E-state index is 0. The standard InChI is InChI=1S/4ClH.Ir.3H2O/h4*1H;;3*1H2/p-4. The molecule has 8 heavy (non-hydrogen) atoms. The third kappa shape index (κ3) is 121. The molecular formula is H6Cl4IrO3-4. The predicted octanol–water partition coefficient (Wildman–Crippen LogP) is -14.5. The zero-order valence-electron chi connectivity index (χ0n) is 3.35. The molecule has 1 radical (unpaired) electrons. The molecule has 8 heteroatoms. The third-order valence-electron chi connectivity index (χ3n) is 0. The summed E-state index contributed by atoms with van der Waals surface area (Å²) >= 11 is 0. The van der Waals surface area contributed by atoms with Crippen molar-refractivity contribution in [1.29, 1.82) is 0 Å². The van der Waals surface area contributed by atoms with Gasteiger partial charge in [0.05, 0.1) is 0 Å². The Kier molecular flexibility index (Phi) is 5770. The van der Waals surface area contributed by atoms with E-state index in [0.29, 0.717) is 0 Å². The zero-order valence-corrected chi connectivity index (χ0v) is 8.76. The maximum absolute atomic E-state index is 0. The molecule has 0 amide bonds. The summed E-state index contributed by atoms with van der Waals surface area (Å²) in [6.45, 7) is 0. The first-order valence-corrected chi connectivity index (χ1v) is 0. The fourth-order valence-corrected chi connectivity index (χ4v) is 0. The molecule has 0 atom stereocenters. The maximum Gasteiger partial charge on any atom is 0 e. The Labute approximate surface area is 85.9 Å². The van der Waals surface area contributed by atoms with Crippen molar-refractivity contribution in [2.75, 3.05) is 0 Å². The van der Waals surface area contributed by atoms with Crippen LogP contribution < -0.4 is 49.6 Å². The molecule has 0 saturated heterocycles. The van der Waals surface area contributed by atoms with Crippen LogP contribution in [-0.2, 0) is 20.1 Å². The number of halogens is 4. The van der Waals surface area contributed by atoms with Gasteiger partial charge in [-0.3, -0.25) is 0 Å².